The van der Waals surface area contributed by atoms with E-state index < -0.39 is 9.84 Å². The molecule has 0 aromatic heterocycles. The van der Waals surface area contributed by atoms with Crippen LogP contribution in [0.25, 0.3) is 6.08 Å². The lowest BCUT2D eigenvalue weighted by Crippen LogP contribution is -2.39. The zero-order valence-corrected chi connectivity index (χ0v) is 17.1. The number of ether oxygens (including phenoxy) is 1. The van der Waals surface area contributed by atoms with Crippen LogP contribution in [0.4, 0.5) is 0 Å². The van der Waals surface area contributed by atoms with Crippen LogP contribution in [0.15, 0.2) is 54.6 Å². The van der Waals surface area contributed by atoms with Gasteiger partial charge in [-0.15, -0.1) is 0 Å². The molecule has 1 fully saturated rings. The molecule has 7 heteroatoms. The highest BCUT2D eigenvalue weighted by molar-refractivity contribution is 7.91. The molecule has 0 N–H and O–H groups in total. The number of amides is 1. The first kappa shape index (κ1) is 20.4. The summed E-state index contributed by atoms with van der Waals surface area (Å²) < 4.78 is 29.1. The van der Waals surface area contributed by atoms with Crippen LogP contribution in [-0.2, 0) is 21.2 Å². The van der Waals surface area contributed by atoms with Crippen LogP contribution in [-0.4, -0.2) is 43.9 Å². The molecule has 1 aliphatic heterocycles. The Morgan fingerprint density at radius 3 is 2.64 bits per heavy atom. The van der Waals surface area contributed by atoms with Crippen molar-refractivity contribution in [1.82, 2.24) is 4.90 Å². The van der Waals surface area contributed by atoms with Gasteiger partial charge >= 0.3 is 0 Å². The van der Waals surface area contributed by atoms with Gasteiger partial charge in [-0.1, -0.05) is 35.9 Å². The second-order valence-electron chi connectivity index (χ2n) is 6.76. The largest absolute Gasteiger partial charge is 0.497 e. The SMILES string of the molecule is COc1cccc(CN(C(=O)/C=C/c2ccc(Cl)cc2)C2CCS(=O)(=O)C2)c1. The summed E-state index contributed by atoms with van der Waals surface area (Å²) in [7, 11) is -1.52. The van der Waals surface area contributed by atoms with Gasteiger partial charge in [-0.2, -0.15) is 0 Å². The van der Waals surface area contributed by atoms with Crippen molar-refractivity contribution in [2.75, 3.05) is 18.6 Å². The molecule has 2 aromatic carbocycles. The molecule has 1 heterocycles. The van der Waals surface area contributed by atoms with Gasteiger partial charge in [0.25, 0.3) is 0 Å². The lowest BCUT2D eigenvalue weighted by atomic mass is 10.1. The highest BCUT2D eigenvalue weighted by atomic mass is 35.5. The van der Waals surface area contributed by atoms with Gasteiger partial charge in [0.05, 0.1) is 18.6 Å². The van der Waals surface area contributed by atoms with E-state index in [1.807, 2.05) is 36.4 Å². The van der Waals surface area contributed by atoms with Gasteiger partial charge in [0.2, 0.25) is 5.91 Å². The Hall–Kier alpha value is -2.31. The number of benzene rings is 2. The maximum atomic E-state index is 12.9. The fraction of sp³-hybridized carbons (Fsp3) is 0.286. The van der Waals surface area contributed by atoms with Crippen LogP contribution >= 0.6 is 11.6 Å². The molecular formula is C21H22ClNO4S. The molecule has 3 rings (SSSR count). The van der Waals surface area contributed by atoms with E-state index in [9.17, 15) is 13.2 Å². The molecular weight excluding hydrogens is 398 g/mol. The van der Waals surface area contributed by atoms with Crippen molar-refractivity contribution >= 4 is 33.4 Å². The third-order valence-corrected chi connectivity index (χ3v) is 6.71. The highest BCUT2D eigenvalue weighted by Crippen LogP contribution is 2.22. The number of hydrogen-bond donors (Lipinski definition) is 0. The molecule has 5 nitrogen and oxygen atoms in total. The number of methoxy groups -OCH3 is 1. The van der Waals surface area contributed by atoms with Crippen LogP contribution < -0.4 is 4.74 Å². The van der Waals surface area contributed by atoms with Gasteiger partial charge in [0.1, 0.15) is 5.75 Å². The number of carbonyl (C=O) groups excluding carboxylic acids is 1. The Morgan fingerprint density at radius 1 is 1.25 bits per heavy atom. The standard InChI is InChI=1S/C21H22ClNO4S/c1-27-20-4-2-3-17(13-20)14-23(19-11-12-28(25,26)15-19)21(24)10-7-16-5-8-18(22)9-6-16/h2-10,13,19H,11-12,14-15H2,1H3/b10-7+. The van der Waals surface area contributed by atoms with Gasteiger partial charge in [-0.3, -0.25) is 4.79 Å². The monoisotopic (exact) mass is 419 g/mol. The Balaban J connectivity index is 1.82. The maximum Gasteiger partial charge on any atom is 0.247 e. The summed E-state index contributed by atoms with van der Waals surface area (Å²) in [5.74, 6) is 0.582. The second-order valence-corrected chi connectivity index (χ2v) is 9.42. The third-order valence-electron chi connectivity index (χ3n) is 4.71. The maximum absolute atomic E-state index is 12.9. The first-order chi connectivity index (χ1) is 13.4. The number of halogens is 1. The van der Waals surface area contributed by atoms with E-state index >= 15 is 0 Å². The second kappa shape index (κ2) is 8.80. The molecule has 0 saturated carbocycles. The summed E-state index contributed by atoms with van der Waals surface area (Å²) in [5.41, 5.74) is 1.73. The Morgan fingerprint density at radius 2 is 2.00 bits per heavy atom. The minimum atomic E-state index is -3.11. The molecule has 1 saturated heterocycles. The van der Waals surface area contributed by atoms with E-state index in [0.29, 0.717) is 23.7 Å². The van der Waals surface area contributed by atoms with Crippen molar-refractivity contribution in [2.45, 2.75) is 19.0 Å². The average molecular weight is 420 g/mol. The molecule has 2 aromatic rings. The first-order valence-corrected chi connectivity index (χ1v) is 11.1. The number of rotatable bonds is 6. The minimum Gasteiger partial charge on any atom is -0.497 e. The van der Waals surface area contributed by atoms with Crippen molar-refractivity contribution in [3.8, 4) is 5.75 Å². The predicted molar refractivity (Wildman–Crippen MR) is 111 cm³/mol. The minimum absolute atomic E-state index is 0.00249. The van der Waals surface area contributed by atoms with E-state index in [1.165, 1.54) is 6.08 Å². The Labute approximate surface area is 170 Å². The van der Waals surface area contributed by atoms with E-state index in [1.54, 1.807) is 30.2 Å². The van der Waals surface area contributed by atoms with Gasteiger partial charge in [0.15, 0.2) is 9.84 Å². The van der Waals surface area contributed by atoms with Crippen LogP contribution in [0, 0.1) is 0 Å². The molecule has 1 aliphatic rings. The lowest BCUT2D eigenvalue weighted by molar-refractivity contribution is -0.128. The van der Waals surface area contributed by atoms with Gasteiger partial charge in [-0.05, 0) is 47.9 Å². The summed E-state index contributed by atoms with van der Waals surface area (Å²) in [4.78, 5) is 14.6. The van der Waals surface area contributed by atoms with Crippen LogP contribution in [0.1, 0.15) is 17.5 Å². The number of sulfone groups is 1. The molecule has 148 valence electrons. The smallest absolute Gasteiger partial charge is 0.247 e. The quantitative estimate of drug-likeness (QED) is 0.671. The van der Waals surface area contributed by atoms with Crippen LogP contribution in [0.2, 0.25) is 5.02 Å². The van der Waals surface area contributed by atoms with Crippen molar-refractivity contribution in [2.24, 2.45) is 0 Å². The molecule has 1 atom stereocenters. The van der Waals surface area contributed by atoms with E-state index in [4.69, 9.17) is 16.3 Å². The summed E-state index contributed by atoms with van der Waals surface area (Å²) >= 11 is 5.89. The molecule has 0 bridgehead atoms. The molecule has 0 aliphatic carbocycles. The van der Waals surface area contributed by atoms with E-state index in [2.05, 4.69) is 0 Å². The Kier molecular flexibility index (Phi) is 6.42. The summed E-state index contributed by atoms with van der Waals surface area (Å²) in [6.45, 7) is 0.321. The Bertz CT molecular complexity index is 970. The molecule has 1 unspecified atom stereocenters. The van der Waals surface area contributed by atoms with E-state index in [0.717, 1.165) is 11.1 Å². The van der Waals surface area contributed by atoms with Crippen LogP contribution in [0.5, 0.6) is 5.75 Å². The fourth-order valence-electron chi connectivity index (χ4n) is 3.21. The van der Waals surface area contributed by atoms with Crippen LogP contribution in [0.3, 0.4) is 0 Å². The van der Waals surface area contributed by atoms with Crippen molar-refractivity contribution in [1.29, 1.82) is 0 Å². The average Bonchev–Trinajstić information content (AvgIpc) is 3.05. The van der Waals surface area contributed by atoms with Gasteiger partial charge in [0, 0.05) is 23.7 Å². The summed E-state index contributed by atoms with van der Waals surface area (Å²) in [6, 6.07) is 14.2. The van der Waals surface area contributed by atoms with Crippen molar-refractivity contribution < 1.29 is 17.9 Å². The number of nitrogens with zero attached hydrogens (tertiary/aromatic N) is 1. The molecule has 1 amide bonds. The lowest BCUT2D eigenvalue weighted by Gasteiger charge is -2.27. The normalized spacial score (nSPS) is 18.3. The van der Waals surface area contributed by atoms with Crippen molar-refractivity contribution in [3.05, 3.63) is 70.8 Å². The van der Waals surface area contributed by atoms with Gasteiger partial charge in [-0.25, -0.2) is 8.42 Å². The van der Waals surface area contributed by atoms with Gasteiger partial charge < -0.3 is 9.64 Å². The number of carbonyl (C=O) groups is 1. The first-order valence-electron chi connectivity index (χ1n) is 8.94. The van der Waals surface area contributed by atoms with Crippen molar-refractivity contribution in [3.63, 3.8) is 0 Å². The van der Waals surface area contributed by atoms with E-state index in [-0.39, 0.29) is 23.5 Å². The zero-order valence-electron chi connectivity index (χ0n) is 15.5. The predicted octanol–water partition coefficient (Wildman–Crippen LogP) is 3.58. The zero-order chi connectivity index (χ0) is 20.1. The molecule has 28 heavy (non-hydrogen) atoms. The fourth-order valence-corrected chi connectivity index (χ4v) is 5.07. The summed E-state index contributed by atoms with van der Waals surface area (Å²) in [6.07, 6.45) is 3.64. The number of hydrogen-bond acceptors (Lipinski definition) is 4. The molecule has 0 radical (unpaired) electrons. The molecule has 0 spiro atoms. The topological polar surface area (TPSA) is 63.7 Å². The third kappa shape index (κ3) is 5.36. The summed E-state index contributed by atoms with van der Waals surface area (Å²) in [5, 5.41) is 0.624. The highest BCUT2D eigenvalue weighted by Gasteiger charge is 2.34.